The normalized spacial score (nSPS) is 15.3. The third kappa shape index (κ3) is 3.00. The molecule has 1 aliphatic rings. The van der Waals surface area contributed by atoms with E-state index in [-0.39, 0.29) is 18.1 Å². The number of nitrogens with zero attached hydrogens (tertiary/aromatic N) is 1. The molecule has 1 fully saturated rings. The maximum Gasteiger partial charge on any atom is 0.354 e. The minimum atomic E-state index is -1.00. The average Bonchev–Trinajstić information content (AvgIpc) is 2.54. The number of aromatic nitrogens is 1. The summed E-state index contributed by atoms with van der Waals surface area (Å²) in [4.78, 5) is 15.2. The van der Waals surface area contributed by atoms with E-state index < -0.39 is 5.97 Å². The van der Waals surface area contributed by atoms with Crippen molar-refractivity contribution in [2.75, 3.05) is 20.2 Å². The number of aromatic carboxylic acids is 1. The number of rotatable bonds is 3. The van der Waals surface area contributed by atoms with Crippen LogP contribution in [0.5, 0.6) is 5.75 Å². The Labute approximate surface area is 135 Å². The SMILES string of the molecule is COc1ccc(C2CCNCC2)c2cc(C(=O)O)ncc12.Cl. The highest BCUT2D eigenvalue weighted by Gasteiger charge is 2.20. The van der Waals surface area contributed by atoms with Crippen molar-refractivity contribution in [3.8, 4) is 5.75 Å². The minimum Gasteiger partial charge on any atom is -0.496 e. The van der Waals surface area contributed by atoms with Crippen molar-refractivity contribution in [3.63, 3.8) is 0 Å². The number of hydrogen-bond donors (Lipinski definition) is 2. The Balaban J connectivity index is 0.00000176. The zero-order valence-electron chi connectivity index (χ0n) is 12.3. The standard InChI is InChI=1S/C16H18N2O3.ClH/c1-21-15-3-2-11(10-4-6-17-7-5-10)12-8-14(16(19)20)18-9-13(12)15;/h2-3,8-10,17H,4-7H2,1H3,(H,19,20);1H. The van der Waals surface area contributed by atoms with E-state index in [0.29, 0.717) is 5.92 Å². The van der Waals surface area contributed by atoms with E-state index in [1.54, 1.807) is 19.4 Å². The lowest BCUT2D eigenvalue weighted by Gasteiger charge is -2.24. The van der Waals surface area contributed by atoms with Gasteiger partial charge >= 0.3 is 5.97 Å². The first-order valence-corrected chi connectivity index (χ1v) is 7.11. The molecule has 0 spiro atoms. The third-order valence-corrected chi connectivity index (χ3v) is 4.11. The van der Waals surface area contributed by atoms with Gasteiger partial charge in [0.2, 0.25) is 0 Å². The number of carboxylic acids is 1. The molecule has 0 saturated carbocycles. The number of halogens is 1. The number of methoxy groups -OCH3 is 1. The van der Waals surface area contributed by atoms with Crippen LogP contribution in [-0.2, 0) is 0 Å². The van der Waals surface area contributed by atoms with E-state index in [0.717, 1.165) is 42.5 Å². The first-order chi connectivity index (χ1) is 10.2. The van der Waals surface area contributed by atoms with Gasteiger partial charge in [-0.15, -0.1) is 12.4 Å². The predicted octanol–water partition coefficient (Wildman–Crippen LogP) is 2.83. The van der Waals surface area contributed by atoms with Crippen molar-refractivity contribution < 1.29 is 14.6 Å². The highest BCUT2D eigenvalue weighted by atomic mass is 35.5. The molecule has 1 saturated heterocycles. The van der Waals surface area contributed by atoms with Gasteiger partial charge in [-0.05, 0) is 54.9 Å². The fraction of sp³-hybridized carbons (Fsp3) is 0.375. The molecular weight excluding hydrogens is 304 g/mol. The van der Waals surface area contributed by atoms with E-state index in [2.05, 4.69) is 16.4 Å². The topological polar surface area (TPSA) is 71.5 Å². The third-order valence-electron chi connectivity index (χ3n) is 4.11. The van der Waals surface area contributed by atoms with Gasteiger partial charge in [0.05, 0.1) is 7.11 Å². The van der Waals surface area contributed by atoms with E-state index in [9.17, 15) is 4.79 Å². The number of ether oxygens (including phenoxy) is 1. The lowest BCUT2D eigenvalue weighted by Crippen LogP contribution is -2.26. The highest BCUT2D eigenvalue weighted by Crippen LogP contribution is 2.35. The molecule has 6 heteroatoms. The van der Waals surface area contributed by atoms with Crippen LogP contribution in [0.25, 0.3) is 10.8 Å². The smallest absolute Gasteiger partial charge is 0.354 e. The van der Waals surface area contributed by atoms with Crippen LogP contribution < -0.4 is 10.1 Å². The van der Waals surface area contributed by atoms with E-state index in [4.69, 9.17) is 9.84 Å². The number of nitrogens with one attached hydrogen (secondary N) is 1. The summed E-state index contributed by atoms with van der Waals surface area (Å²) >= 11 is 0. The summed E-state index contributed by atoms with van der Waals surface area (Å²) in [5.74, 6) is 0.173. The highest BCUT2D eigenvalue weighted by molar-refractivity contribution is 5.96. The van der Waals surface area contributed by atoms with Crippen LogP contribution in [0.2, 0.25) is 0 Å². The van der Waals surface area contributed by atoms with Crippen molar-refractivity contribution in [1.29, 1.82) is 0 Å². The molecule has 2 aromatic rings. The van der Waals surface area contributed by atoms with Crippen molar-refractivity contribution >= 4 is 29.1 Å². The molecule has 0 aliphatic carbocycles. The second-order valence-corrected chi connectivity index (χ2v) is 5.30. The summed E-state index contributed by atoms with van der Waals surface area (Å²) in [6.45, 7) is 1.99. The van der Waals surface area contributed by atoms with Crippen molar-refractivity contribution in [1.82, 2.24) is 10.3 Å². The van der Waals surface area contributed by atoms with Crippen molar-refractivity contribution in [2.45, 2.75) is 18.8 Å². The van der Waals surface area contributed by atoms with Gasteiger partial charge in [0.15, 0.2) is 0 Å². The molecule has 118 valence electrons. The van der Waals surface area contributed by atoms with Gasteiger partial charge in [-0.2, -0.15) is 0 Å². The Morgan fingerprint density at radius 2 is 2.05 bits per heavy atom. The molecule has 1 aliphatic heterocycles. The number of carboxylic acid groups (broad SMARTS) is 1. The number of piperidine rings is 1. The van der Waals surface area contributed by atoms with Crippen LogP contribution in [0, 0.1) is 0 Å². The van der Waals surface area contributed by atoms with Crippen LogP contribution in [-0.4, -0.2) is 36.3 Å². The van der Waals surface area contributed by atoms with Gasteiger partial charge in [-0.1, -0.05) is 6.07 Å². The van der Waals surface area contributed by atoms with E-state index >= 15 is 0 Å². The zero-order valence-corrected chi connectivity index (χ0v) is 13.2. The van der Waals surface area contributed by atoms with Gasteiger partial charge in [0, 0.05) is 11.6 Å². The summed E-state index contributed by atoms with van der Waals surface area (Å²) in [5, 5.41) is 14.3. The number of hydrogen-bond acceptors (Lipinski definition) is 4. The number of benzene rings is 1. The summed E-state index contributed by atoms with van der Waals surface area (Å²) in [7, 11) is 1.62. The summed E-state index contributed by atoms with van der Waals surface area (Å²) in [5.41, 5.74) is 1.27. The van der Waals surface area contributed by atoms with Crippen molar-refractivity contribution in [3.05, 3.63) is 35.7 Å². The van der Waals surface area contributed by atoms with Crippen LogP contribution >= 0.6 is 12.4 Å². The van der Waals surface area contributed by atoms with Gasteiger partial charge in [-0.25, -0.2) is 9.78 Å². The fourth-order valence-electron chi connectivity index (χ4n) is 3.02. The average molecular weight is 323 g/mol. The molecule has 0 bridgehead atoms. The predicted molar refractivity (Wildman–Crippen MR) is 87.3 cm³/mol. The molecule has 2 N–H and O–H groups in total. The molecular formula is C16H19ClN2O3. The van der Waals surface area contributed by atoms with Gasteiger partial charge in [-0.3, -0.25) is 0 Å². The van der Waals surface area contributed by atoms with Crippen molar-refractivity contribution in [2.24, 2.45) is 0 Å². The lowest BCUT2D eigenvalue weighted by atomic mass is 9.87. The quantitative estimate of drug-likeness (QED) is 0.909. The van der Waals surface area contributed by atoms with Gasteiger partial charge in [0.1, 0.15) is 11.4 Å². The van der Waals surface area contributed by atoms with Gasteiger partial charge in [0.25, 0.3) is 0 Å². The first-order valence-electron chi connectivity index (χ1n) is 7.11. The van der Waals surface area contributed by atoms with Gasteiger partial charge < -0.3 is 15.2 Å². The Morgan fingerprint density at radius 3 is 2.68 bits per heavy atom. The van der Waals surface area contributed by atoms with Crippen LogP contribution in [0.15, 0.2) is 24.4 Å². The molecule has 2 heterocycles. The van der Waals surface area contributed by atoms with Crippen LogP contribution in [0.1, 0.15) is 34.8 Å². The molecule has 0 amide bonds. The lowest BCUT2D eigenvalue weighted by molar-refractivity contribution is 0.0690. The Morgan fingerprint density at radius 1 is 1.32 bits per heavy atom. The van der Waals surface area contributed by atoms with Crippen LogP contribution in [0.3, 0.4) is 0 Å². The van der Waals surface area contributed by atoms with Crippen LogP contribution in [0.4, 0.5) is 0 Å². The molecule has 1 aromatic heterocycles. The molecule has 5 nitrogen and oxygen atoms in total. The number of pyridine rings is 1. The maximum atomic E-state index is 11.2. The van der Waals surface area contributed by atoms with E-state index in [1.165, 1.54) is 5.56 Å². The fourth-order valence-corrected chi connectivity index (χ4v) is 3.02. The first kappa shape index (κ1) is 16.5. The minimum absolute atomic E-state index is 0. The molecule has 0 unspecified atom stereocenters. The molecule has 3 rings (SSSR count). The molecule has 1 aromatic carbocycles. The second kappa shape index (κ2) is 6.94. The molecule has 22 heavy (non-hydrogen) atoms. The second-order valence-electron chi connectivity index (χ2n) is 5.30. The summed E-state index contributed by atoms with van der Waals surface area (Å²) in [6.07, 6.45) is 3.72. The Kier molecular flexibility index (Phi) is 5.21. The zero-order chi connectivity index (χ0) is 14.8. The summed E-state index contributed by atoms with van der Waals surface area (Å²) < 4.78 is 5.37. The maximum absolute atomic E-state index is 11.2. The Hall–Kier alpha value is -1.85. The van der Waals surface area contributed by atoms with E-state index in [1.807, 2.05) is 6.07 Å². The Bertz CT molecular complexity index is 684. The number of fused-ring (bicyclic) bond motifs is 1. The molecule has 0 atom stereocenters. The largest absolute Gasteiger partial charge is 0.496 e. The summed E-state index contributed by atoms with van der Waals surface area (Å²) in [6, 6.07) is 5.67. The number of carbonyl (C=O) groups is 1. The molecule has 0 radical (unpaired) electrons. The monoisotopic (exact) mass is 322 g/mol.